The zero-order valence-corrected chi connectivity index (χ0v) is 17.3. The first kappa shape index (κ1) is 22.2. The lowest BCUT2D eigenvalue weighted by molar-refractivity contribution is -0.697. The summed E-state index contributed by atoms with van der Waals surface area (Å²) in [6.45, 7) is 5.68. The summed E-state index contributed by atoms with van der Waals surface area (Å²) in [5.74, 6) is 0. The Balaban J connectivity index is 1.85. The molecule has 1 aromatic heterocycles. The second-order valence-corrected chi connectivity index (χ2v) is 7.80. The summed E-state index contributed by atoms with van der Waals surface area (Å²) >= 11 is 0. The van der Waals surface area contributed by atoms with Gasteiger partial charge in [0.05, 0.1) is 0 Å². The normalized spacial score (nSPS) is 11.1. The molecule has 0 saturated carbocycles. The summed E-state index contributed by atoms with van der Waals surface area (Å²) < 4.78 is 2.33. The van der Waals surface area contributed by atoms with Crippen LogP contribution >= 0.6 is 0 Å². The van der Waals surface area contributed by atoms with Crippen molar-refractivity contribution in [1.29, 1.82) is 0 Å². The summed E-state index contributed by atoms with van der Waals surface area (Å²) in [5.41, 5.74) is 1.51. The maximum Gasteiger partial charge on any atom is 0.171 e. The minimum absolute atomic E-state index is 1.15. The first-order valence-corrected chi connectivity index (χ1v) is 11.3. The summed E-state index contributed by atoms with van der Waals surface area (Å²) in [6.07, 6.45) is 27.2. The lowest BCUT2D eigenvalue weighted by Gasteiger charge is -2.03. The minimum Gasteiger partial charge on any atom is -0.205 e. The van der Waals surface area contributed by atoms with Crippen molar-refractivity contribution in [3.63, 3.8) is 0 Å². The molecular weight excluding hydrogens is 302 g/mol. The molecule has 0 radical (unpaired) electrons. The van der Waals surface area contributed by atoms with Crippen LogP contribution < -0.4 is 4.57 Å². The van der Waals surface area contributed by atoms with E-state index in [1.54, 1.807) is 0 Å². The molecule has 144 valence electrons. The van der Waals surface area contributed by atoms with Crippen LogP contribution in [0.5, 0.6) is 0 Å². The van der Waals surface area contributed by atoms with Crippen LogP contribution in [0, 0.1) is 0 Å². The Hall–Kier alpha value is -0.850. The number of hydrogen-bond acceptors (Lipinski definition) is 0. The fourth-order valence-electron chi connectivity index (χ4n) is 3.65. The van der Waals surface area contributed by atoms with Crippen LogP contribution in [0.3, 0.4) is 0 Å². The number of aromatic nitrogens is 1. The Kier molecular flexibility index (Phi) is 14.7. The number of nitrogens with zero attached hydrogens (tertiary/aromatic N) is 1. The third-order valence-corrected chi connectivity index (χ3v) is 5.22. The molecule has 1 heterocycles. The van der Waals surface area contributed by atoms with E-state index in [1.807, 2.05) is 0 Å². The van der Waals surface area contributed by atoms with Gasteiger partial charge in [0, 0.05) is 18.1 Å². The van der Waals surface area contributed by atoms with Gasteiger partial charge in [-0.05, 0) is 18.9 Å². The Labute approximate surface area is 158 Å². The highest BCUT2D eigenvalue weighted by molar-refractivity contribution is 5.05. The van der Waals surface area contributed by atoms with Crippen LogP contribution in [0.15, 0.2) is 24.5 Å². The summed E-state index contributed by atoms with van der Waals surface area (Å²) in [7, 11) is 0. The molecule has 0 bridgehead atoms. The van der Waals surface area contributed by atoms with Gasteiger partial charge in [-0.25, -0.2) is 4.57 Å². The van der Waals surface area contributed by atoms with Gasteiger partial charge in [-0.15, -0.1) is 0 Å². The number of pyridine rings is 1. The van der Waals surface area contributed by atoms with Gasteiger partial charge >= 0.3 is 0 Å². The van der Waals surface area contributed by atoms with E-state index in [2.05, 4.69) is 42.9 Å². The van der Waals surface area contributed by atoms with Crippen LogP contribution in [0.4, 0.5) is 0 Å². The first-order chi connectivity index (χ1) is 12.4. The second kappa shape index (κ2) is 16.6. The molecular formula is C24H44N+. The van der Waals surface area contributed by atoms with E-state index >= 15 is 0 Å². The average Bonchev–Trinajstić information content (AvgIpc) is 2.63. The van der Waals surface area contributed by atoms with Crippen LogP contribution in [0.1, 0.15) is 116 Å². The van der Waals surface area contributed by atoms with Crippen molar-refractivity contribution in [2.24, 2.45) is 0 Å². The molecule has 0 amide bonds. The number of hydrogen-bond donors (Lipinski definition) is 0. The summed E-state index contributed by atoms with van der Waals surface area (Å²) in [4.78, 5) is 0. The average molecular weight is 347 g/mol. The standard InChI is InChI=1S/C24H44N/c1-3-5-6-7-8-9-10-11-12-13-14-15-16-17-19-24-20-18-22-25(23-24)21-4-2/h18,20,22-23H,3-17,19,21H2,1-2H3/q+1. The third kappa shape index (κ3) is 13.1. The minimum atomic E-state index is 1.15. The summed E-state index contributed by atoms with van der Waals surface area (Å²) in [5, 5.41) is 0. The molecule has 0 atom stereocenters. The van der Waals surface area contributed by atoms with E-state index in [4.69, 9.17) is 0 Å². The van der Waals surface area contributed by atoms with Gasteiger partial charge in [-0.1, -0.05) is 97.3 Å². The van der Waals surface area contributed by atoms with Gasteiger partial charge in [-0.3, -0.25) is 0 Å². The largest absolute Gasteiger partial charge is 0.205 e. The fraction of sp³-hybridized carbons (Fsp3) is 0.792. The van der Waals surface area contributed by atoms with E-state index in [1.165, 1.54) is 108 Å². The van der Waals surface area contributed by atoms with Crippen LogP contribution in [0.2, 0.25) is 0 Å². The highest BCUT2D eigenvalue weighted by Gasteiger charge is 2.01. The lowest BCUT2D eigenvalue weighted by atomic mass is 10.0. The molecule has 0 fully saturated rings. The lowest BCUT2D eigenvalue weighted by Crippen LogP contribution is -2.32. The highest BCUT2D eigenvalue weighted by Crippen LogP contribution is 2.13. The predicted octanol–water partition coefficient (Wildman–Crippen LogP) is 7.41. The molecule has 0 spiro atoms. The van der Waals surface area contributed by atoms with Gasteiger partial charge in [-0.2, -0.15) is 0 Å². The van der Waals surface area contributed by atoms with Crippen LogP contribution in [-0.2, 0) is 13.0 Å². The topological polar surface area (TPSA) is 3.88 Å². The van der Waals surface area contributed by atoms with E-state index in [-0.39, 0.29) is 0 Å². The summed E-state index contributed by atoms with van der Waals surface area (Å²) in [6, 6.07) is 4.49. The van der Waals surface area contributed by atoms with Crippen molar-refractivity contribution in [3.8, 4) is 0 Å². The van der Waals surface area contributed by atoms with Crippen molar-refractivity contribution >= 4 is 0 Å². The Morgan fingerprint density at radius 3 is 1.68 bits per heavy atom. The van der Waals surface area contributed by atoms with Crippen molar-refractivity contribution in [3.05, 3.63) is 30.1 Å². The van der Waals surface area contributed by atoms with E-state index in [9.17, 15) is 0 Å². The Bertz CT molecular complexity index is 399. The third-order valence-electron chi connectivity index (χ3n) is 5.22. The van der Waals surface area contributed by atoms with Gasteiger partial charge in [0.1, 0.15) is 6.54 Å². The van der Waals surface area contributed by atoms with E-state index in [0.717, 1.165) is 6.54 Å². The second-order valence-electron chi connectivity index (χ2n) is 7.80. The zero-order chi connectivity index (χ0) is 18.0. The van der Waals surface area contributed by atoms with E-state index in [0.29, 0.717) is 0 Å². The molecule has 0 aliphatic rings. The van der Waals surface area contributed by atoms with Crippen LogP contribution in [0.25, 0.3) is 0 Å². The van der Waals surface area contributed by atoms with Crippen molar-refractivity contribution < 1.29 is 4.57 Å². The predicted molar refractivity (Wildman–Crippen MR) is 111 cm³/mol. The molecule has 1 heteroatoms. The number of rotatable bonds is 17. The Morgan fingerprint density at radius 2 is 1.16 bits per heavy atom. The Morgan fingerprint density at radius 1 is 0.640 bits per heavy atom. The molecule has 0 aromatic carbocycles. The molecule has 1 rings (SSSR count). The molecule has 0 N–H and O–H groups in total. The SMILES string of the molecule is CCCCCCCCCCCCCCCCc1ccc[n+](CCC)c1. The highest BCUT2D eigenvalue weighted by atomic mass is 14.9. The van der Waals surface area contributed by atoms with Crippen molar-refractivity contribution in [2.45, 2.75) is 123 Å². The maximum absolute atomic E-state index is 2.34. The smallest absolute Gasteiger partial charge is 0.171 e. The van der Waals surface area contributed by atoms with Crippen molar-refractivity contribution in [2.75, 3.05) is 0 Å². The molecule has 0 unspecified atom stereocenters. The molecule has 0 aliphatic carbocycles. The molecule has 1 aromatic rings. The van der Waals surface area contributed by atoms with Crippen molar-refractivity contribution in [1.82, 2.24) is 0 Å². The van der Waals surface area contributed by atoms with Gasteiger partial charge in [0.25, 0.3) is 0 Å². The van der Waals surface area contributed by atoms with Gasteiger partial charge < -0.3 is 0 Å². The molecule has 25 heavy (non-hydrogen) atoms. The quantitative estimate of drug-likeness (QED) is 0.204. The first-order valence-electron chi connectivity index (χ1n) is 11.3. The van der Waals surface area contributed by atoms with E-state index < -0.39 is 0 Å². The monoisotopic (exact) mass is 346 g/mol. The van der Waals surface area contributed by atoms with Gasteiger partial charge in [0.15, 0.2) is 12.4 Å². The molecule has 1 nitrogen and oxygen atoms in total. The number of aryl methyl sites for hydroxylation is 2. The number of unbranched alkanes of at least 4 members (excludes halogenated alkanes) is 13. The van der Waals surface area contributed by atoms with Crippen LogP contribution in [-0.4, -0.2) is 0 Å². The maximum atomic E-state index is 2.34. The van der Waals surface area contributed by atoms with Gasteiger partial charge in [0.2, 0.25) is 0 Å². The molecule has 0 saturated heterocycles. The fourth-order valence-corrected chi connectivity index (χ4v) is 3.65. The molecule has 0 aliphatic heterocycles. The zero-order valence-electron chi connectivity index (χ0n) is 17.3.